The van der Waals surface area contributed by atoms with E-state index in [4.69, 9.17) is 19.2 Å². The first kappa shape index (κ1) is 20.6. The summed E-state index contributed by atoms with van der Waals surface area (Å²) >= 11 is 0. The highest BCUT2D eigenvalue weighted by molar-refractivity contribution is 14.0. The molecule has 4 fully saturated rings. The van der Waals surface area contributed by atoms with Gasteiger partial charge >= 0.3 is 0 Å². The third-order valence-electron chi connectivity index (χ3n) is 6.49. The second-order valence-electron chi connectivity index (χ2n) is 7.92. The van der Waals surface area contributed by atoms with E-state index in [1.165, 1.54) is 25.7 Å². The lowest BCUT2D eigenvalue weighted by Gasteiger charge is -2.63. The fourth-order valence-electron chi connectivity index (χ4n) is 5.07. The van der Waals surface area contributed by atoms with Gasteiger partial charge in [0.1, 0.15) is 0 Å². The monoisotopic (exact) mass is 479 g/mol. The van der Waals surface area contributed by atoms with Gasteiger partial charge in [-0.3, -0.25) is 4.99 Å². The average Bonchev–Trinajstić information content (AvgIpc) is 3.21. The summed E-state index contributed by atoms with van der Waals surface area (Å²) in [7, 11) is 0. The van der Waals surface area contributed by atoms with Crippen molar-refractivity contribution >= 4 is 29.9 Å². The van der Waals surface area contributed by atoms with Crippen LogP contribution in [-0.4, -0.2) is 63.7 Å². The van der Waals surface area contributed by atoms with Crippen molar-refractivity contribution in [3.05, 3.63) is 0 Å². The molecule has 1 spiro atoms. The normalized spacial score (nSPS) is 34.6. The topological polar surface area (TPSA) is 64.1 Å². The lowest BCUT2D eigenvalue weighted by atomic mass is 9.46. The minimum Gasteiger partial charge on any atom is -0.379 e. The van der Waals surface area contributed by atoms with Crippen molar-refractivity contribution in [1.29, 1.82) is 0 Å². The van der Waals surface area contributed by atoms with Crippen molar-refractivity contribution in [3.8, 4) is 0 Å². The molecular formula is C19H34IN3O3. The van der Waals surface area contributed by atoms with Crippen molar-refractivity contribution < 1.29 is 14.2 Å². The highest BCUT2D eigenvalue weighted by atomic mass is 127. The Bertz CT molecular complexity index is 481. The van der Waals surface area contributed by atoms with Crippen LogP contribution < -0.4 is 10.6 Å². The Morgan fingerprint density at radius 1 is 1.27 bits per heavy atom. The Kier molecular flexibility index (Phi) is 7.44. The number of aliphatic imine (C=N–C) groups is 1. The smallest absolute Gasteiger partial charge is 0.191 e. The van der Waals surface area contributed by atoms with E-state index in [2.05, 4.69) is 17.6 Å². The molecule has 4 atom stereocenters. The summed E-state index contributed by atoms with van der Waals surface area (Å²) in [6.07, 6.45) is 7.94. The summed E-state index contributed by atoms with van der Waals surface area (Å²) in [4.78, 5) is 4.78. The summed E-state index contributed by atoms with van der Waals surface area (Å²) in [5.74, 6) is 1.64. The molecule has 2 heterocycles. The van der Waals surface area contributed by atoms with Crippen LogP contribution in [0.4, 0.5) is 0 Å². The minimum absolute atomic E-state index is 0. The zero-order chi connectivity index (χ0) is 17.1. The van der Waals surface area contributed by atoms with Gasteiger partial charge in [0.25, 0.3) is 0 Å². The number of nitrogens with zero attached hydrogens (tertiary/aromatic N) is 1. The average molecular weight is 479 g/mol. The molecule has 0 aromatic carbocycles. The van der Waals surface area contributed by atoms with E-state index >= 15 is 0 Å². The van der Waals surface area contributed by atoms with E-state index < -0.39 is 0 Å². The Balaban J connectivity index is 0.00000196. The molecule has 0 aromatic heterocycles. The largest absolute Gasteiger partial charge is 0.379 e. The van der Waals surface area contributed by atoms with E-state index in [0.717, 1.165) is 58.3 Å². The third kappa shape index (κ3) is 4.00. The molecule has 0 amide bonds. The maximum absolute atomic E-state index is 6.02. The maximum atomic E-state index is 6.02. The fraction of sp³-hybridized carbons (Fsp3) is 0.947. The van der Waals surface area contributed by atoms with Crippen LogP contribution in [0.5, 0.6) is 0 Å². The summed E-state index contributed by atoms with van der Waals surface area (Å²) in [6, 6.07) is 0.540. The molecular weight excluding hydrogens is 445 g/mol. The van der Waals surface area contributed by atoms with E-state index in [1.807, 2.05) is 0 Å². The molecule has 2 aliphatic carbocycles. The second kappa shape index (κ2) is 9.39. The minimum atomic E-state index is 0. The Morgan fingerprint density at radius 3 is 2.85 bits per heavy atom. The Labute approximate surface area is 174 Å². The quantitative estimate of drug-likeness (QED) is 0.254. The summed E-state index contributed by atoms with van der Waals surface area (Å²) in [5, 5.41) is 7.17. The van der Waals surface area contributed by atoms with Gasteiger partial charge in [-0.2, -0.15) is 0 Å². The van der Waals surface area contributed by atoms with Crippen molar-refractivity contribution in [2.45, 2.75) is 63.7 Å². The molecule has 0 radical (unpaired) electrons. The lowest BCUT2D eigenvalue weighted by Crippen LogP contribution is -2.72. The molecule has 7 heteroatoms. The van der Waals surface area contributed by atoms with Gasteiger partial charge in [-0.1, -0.05) is 6.42 Å². The fourth-order valence-corrected chi connectivity index (χ4v) is 5.07. The standard InChI is InChI=1S/C19H33N3O3.HI/c1-2-20-18(21-9-4-10-24-14-5-11-23-13-14)22-16-15-6-12-25-17(15)19(16)7-3-8-19;/h14-17H,2-13H2,1H3,(H2,20,21,22);1H. The van der Waals surface area contributed by atoms with Gasteiger partial charge in [-0.15, -0.1) is 24.0 Å². The number of hydrogen-bond donors (Lipinski definition) is 2. The zero-order valence-corrected chi connectivity index (χ0v) is 18.2. The second-order valence-corrected chi connectivity index (χ2v) is 7.92. The van der Waals surface area contributed by atoms with Gasteiger partial charge < -0.3 is 24.8 Å². The number of hydrogen-bond acceptors (Lipinski definition) is 4. The lowest BCUT2D eigenvalue weighted by molar-refractivity contribution is -0.171. The van der Waals surface area contributed by atoms with Crippen molar-refractivity contribution in [2.24, 2.45) is 16.3 Å². The number of halogens is 1. The Morgan fingerprint density at radius 2 is 2.15 bits per heavy atom. The zero-order valence-electron chi connectivity index (χ0n) is 15.9. The van der Waals surface area contributed by atoms with Crippen LogP contribution >= 0.6 is 24.0 Å². The van der Waals surface area contributed by atoms with Crippen LogP contribution in [0.1, 0.15) is 45.4 Å². The van der Waals surface area contributed by atoms with Crippen LogP contribution in [0.2, 0.25) is 0 Å². The first-order valence-electron chi connectivity index (χ1n) is 10.2. The van der Waals surface area contributed by atoms with Gasteiger partial charge in [-0.25, -0.2) is 0 Å². The van der Waals surface area contributed by atoms with Gasteiger partial charge in [-0.05, 0) is 39.0 Å². The number of guanidine groups is 1. The van der Waals surface area contributed by atoms with Crippen LogP contribution in [0.25, 0.3) is 0 Å². The highest BCUT2D eigenvalue weighted by Gasteiger charge is 2.66. The maximum Gasteiger partial charge on any atom is 0.191 e. The van der Waals surface area contributed by atoms with E-state index in [-0.39, 0.29) is 24.0 Å². The summed E-state index contributed by atoms with van der Waals surface area (Å²) in [5.41, 5.74) is 0.392. The predicted octanol–water partition coefficient (Wildman–Crippen LogP) is 2.31. The van der Waals surface area contributed by atoms with E-state index in [0.29, 0.717) is 29.6 Å². The van der Waals surface area contributed by atoms with Gasteiger partial charge in [0.05, 0.1) is 18.8 Å². The summed E-state index contributed by atoms with van der Waals surface area (Å²) in [6.45, 7) is 7.11. The first-order chi connectivity index (χ1) is 12.3. The SMILES string of the molecule is CCNC(=NCCCOC1CCOC1)NC1C2CCOC2C12CCC2.I. The number of fused-ring (bicyclic) bond motifs is 2. The van der Waals surface area contributed by atoms with E-state index in [1.54, 1.807) is 0 Å². The molecule has 150 valence electrons. The van der Waals surface area contributed by atoms with Crippen molar-refractivity contribution in [1.82, 2.24) is 10.6 Å². The molecule has 0 bridgehead atoms. The van der Waals surface area contributed by atoms with Crippen molar-refractivity contribution in [2.75, 3.05) is 39.5 Å². The molecule has 4 aliphatic rings. The third-order valence-corrected chi connectivity index (χ3v) is 6.49. The van der Waals surface area contributed by atoms with Crippen molar-refractivity contribution in [3.63, 3.8) is 0 Å². The van der Waals surface area contributed by atoms with Crippen LogP contribution in [-0.2, 0) is 14.2 Å². The molecule has 2 N–H and O–H groups in total. The number of ether oxygens (including phenoxy) is 3. The molecule has 4 unspecified atom stereocenters. The number of rotatable bonds is 7. The molecule has 0 aromatic rings. The molecule has 2 saturated heterocycles. The molecule has 2 saturated carbocycles. The van der Waals surface area contributed by atoms with Crippen LogP contribution in [0.3, 0.4) is 0 Å². The molecule has 4 rings (SSSR count). The molecule has 2 aliphatic heterocycles. The van der Waals surface area contributed by atoms with Gasteiger partial charge in [0, 0.05) is 50.3 Å². The highest BCUT2D eigenvalue weighted by Crippen LogP contribution is 2.62. The van der Waals surface area contributed by atoms with Crippen LogP contribution in [0.15, 0.2) is 4.99 Å². The summed E-state index contributed by atoms with van der Waals surface area (Å²) < 4.78 is 17.2. The van der Waals surface area contributed by atoms with E-state index in [9.17, 15) is 0 Å². The van der Waals surface area contributed by atoms with Gasteiger partial charge in [0.15, 0.2) is 5.96 Å². The van der Waals surface area contributed by atoms with Gasteiger partial charge in [0.2, 0.25) is 0 Å². The molecule has 6 nitrogen and oxygen atoms in total. The number of nitrogens with one attached hydrogen (secondary N) is 2. The molecule has 26 heavy (non-hydrogen) atoms. The van der Waals surface area contributed by atoms with Crippen LogP contribution in [0, 0.1) is 11.3 Å². The Hall–Kier alpha value is -0.120. The first-order valence-corrected chi connectivity index (χ1v) is 10.2. The predicted molar refractivity (Wildman–Crippen MR) is 112 cm³/mol.